The summed E-state index contributed by atoms with van der Waals surface area (Å²) in [5.41, 5.74) is 2.09. The number of carboxylic acid groups (broad SMARTS) is 1. The smallest absolute Gasteiger partial charge is 0.338 e. The highest BCUT2D eigenvalue weighted by Gasteiger charge is 2.18. The van der Waals surface area contributed by atoms with Crippen LogP contribution in [-0.4, -0.2) is 23.8 Å². The quantitative estimate of drug-likeness (QED) is 0.507. The largest absolute Gasteiger partial charge is 0.486 e. The highest BCUT2D eigenvalue weighted by molar-refractivity contribution is 6.37. The molecule has 2 rings (SSSR count). The summed E-state index contributed by atoms with van der Waals surface area (Å²) >= 11 is 18.5. The molecule has 146 valence electrons. The van der Waals surface area contributed by atoms with Crippen molar-refractivity contribution < 1.29 is 19.0 Å². The van der Waals surface area contributed by atoms with Gasteiger partial charge < -0.3 is 15.2 Å². The molecule has 4 nitrogen and oxygen atoms in total. The van der Waals surface area contributed by atoms with E-state index in [9.17, 15) is 9.18 Å². The second-order valence-corrected chi connectivity index (χ2v) is 7.21. The summed E-state index contributed by atoms with van der Waals surface area (Å²) in [6.07, 6.45) is -1.36. The van der Waals surface area contributed by atoms with Gasteiger partial charge in [-0.15, -0.1) is 0 Å². The molecular formula is C19H19Cl3FNO3. The van der Waals surface area contributed by atoms with E-state index in [4.69, 9.17) is 44.6 Å². The van der Waals surface area contributed by atoms with Crippen LogP contribution >= 0.6 is 34.8 Å². The van der Waals surface area contributed by atoms with Crippen molar-refractivity contribution in [2.45, 2.75) is 32.5 Å². The van der Waals surface area contributed by atoms with Crippen LogP contribution in [0.1, 0.15) is 24.5 Å². The Hall–Kier alpha value is -1.69. The predicted molar refractivity (Wildman–Crippen MR) is 107 cm³/mol. The molecule has 1 atom stereocenters. The lowest BCUT2D eigenvalue weighted by Crippen LogP contribution is -2.17. The minimum atomic E-state index is -2.02. The molecule has 27 heavy (non-hydrogen) atoms. The Morgan fingerprint density at radius 2 is 1.81 bits per heavy atom. The topological polar surface area (TPSA) is 58.6 Å². The maximum absolute atomic E-state index is 13.4. The first-order valence-electron chi connectivity index (χ1n) is 8.31. The van der Waals surface area contributed by atoms with Gasteiger partial charge in [0.05, 0.1) is 10.0 Å². The molecule has 2 N–H and O–H groups in total. The van der Waals surface area contributed by atoms with Crippen LogP contribution in [0.3, 0.4) is 0 Å². The monoisotopic (exact) mass is 433 g/mol. The molecule has 0 spiro atoms. The van der Waals surface area contributed by atoms with Crippen molar-refractivity contribution >= 4 is 46.5 Å². The van der Waals surface area contributed by atoms with Crippen LogP contribution in [0.15, 0.2) is 30.3 Å². The highest BCUT2D eigenvalue weighted by Crippen LogP contribution is 2.35. The maximum Gasteiger partial charge on any atom is 0.338 e. The van der Waals surface area contributed by atoms with Crippen LogP contribution in [0.4, 0.5) is 10.1 Å². The SMILES string of the molecule is CCCNc1cc(Cl)cc(COc2c(Cl)cc(CC(F)C(=O)O)cc2Cl)c1. The van der Waals surface area contributed by atoms with Gasteiger partial charge in [0.15, 0.2) is 5.75 Å². The number of aliphatic carboxylic acids is 1. The van der Waals surface area contributed by atoms with E-state index in [1.54, 1.807) is 6.07 Å². The van der Waals surface area contributed by atoms with Gasteiger partial charge in [-0.2, -0.15) is 0 Å². The second-order valence-electron chi connectivity index (χ2n) is 5.96. The van der Waals surface area contributed by atoms with Gasteiger partial charge in [0.2, 0.25) is 6.17 Å². The summed E-state index contributed by atoms with van der Waals surface area (Å²) in [7, 11) is 0. The third-order valence-corrected chi connectivity index (χ3v) is 4.44. The second kappa shape index (κ2) is 10.0. The summed E-state index contributed by atoms with van der Waals surface area (Å²) in [5.74, 6) is -1.29. The molecule has 0 aliphatic carbocycles. The molecule has 0 radical (unpaired) electrons. The van der Waals surface area contributed by atoms with Gasteiger partial charge in [-0.25, -0.2) is 9.18 Å². The van der Waals surface area contributed by atoms with Gasteiger partial charge in [0.1, 0.15) is 6.61 Å². The summed E-state index contributed by atoms with van der Waals surface area (Å²) in [6.45, 7) is 3.07. The van der Waals surface area contributed by atoms with Crippen LogP contribution in [-0.2, 0) is 17.8 Å². The molecule has 0 bridgehead atoms. The zero-order valence-corrected chi connectivity index (χ0v) is 16.8. The van der Waals surface area contributed by atoms with Crippen LogP contribution in [0.2, 0.25) is 15.1 Å². The number of hydrogen-bond acceptors (Lipinski definition) is 3. The minimum absolute atomic E-state index is 0.182. The molecule has 0 aliphatic heterocycles. The third-order valence-electron chi connectivity index (χ3n) is 3.66. The molecule has 1 unspecified atom stereocenters. The zero-order chi connectivity index (χ0) is 20.0. The van der Waals surface area contributed by atoms with Gasteiger partial charge >= 0.3 is 5.97 Å². The number of alkyl halides is 1. The standard InChI is InChI=1S/C19H19Cl3FNO3/c1-2-3-24-14-5-12(4-13(20)9-14)10-27-18-15(21)6-11(7-16(18)22)8-17(23)19(25)26/h4-7,9,17,24H,2-3,8,10H2,1H3,(H,25,26). The average Bonchev–Trinajstić information content (AvgIpc) is 2.58. The number of ether oxygens (including phenoxy) is 1. The molecule has 2 aromatic carbocycles. The molecule has 2 aromatic rings. The molecule has 0 heterocycles. The van der Waals surface area contributed by atoms with Crippen molar-refractivity contribution in [3.8, 4) is 5.75 Å². The fraction of sp³-hybridized carbons (Fsp3) is 0.316. The normalized spacial score (nSPS) is 11.9. The summed E-state index contributed by atoms with van der Waals surface area (Å²) in [4.78, 5) is 10.6. The molecule has 0 aromatic heterocycles. The Morgan fingerprint density at radius 1 is 1.15 bits per heavy atom. The lowest BCUT2D eigenvalue weighted by molar-refractivity contribution is -0.142. The lowest BCUT2D eigenvalue weighted by Gasteiger charge is -2.14. The Kier molecular flexibility index (Phi) is 8.02. The van der Waals surface area contributed by atoms with Gasteiger partial charge in [-0.1, -0.05) is 41.7 Å². The Bertz CT molecular complexity index is 794. The lowest BCUT2D eigenvalue weighted by atomic mass is 10.1. The predicted octanol–water partition coefficient (Wildman–Crippen LogP) is 6.01. The molecule has 0 saturated heterocycles. The van der Waals surface area contributed by atoms with Crippen molar-refractivity contribution in [1.29, 1.82) is 0 Å². The summed E-state index contributed by atoms with van der Waals surface area (Å²) < 4.78 is 19.1. The van der Waals surface area contributed by atoms with E-state index in [0.717, 1.165) is 24.2 Å². The van der Waals surface area contributed by atoms with Gasteiger partial charge in [0, 0.05) is 23.7 Å². The molecular weight excluding hydrogens is 416 g/mol. The number of carboxylic acids is 1. The van der Waals surface area contributed by atoms with Crippen LogP contribution < -0.4 is 10.1 Å². The van der Waals surface area contributed by atoms with Gasteiger partial charge in [-0.3, -0.25) is 0 Å². The van der Waals surface area contributed by atoms with E-state index in [1.807, 2.05) is 12.1 Å². The van der Waals surface area contributed by atoms with E-state index in [1.165, 1.54) is 12.1 Å². The number of benzene rings is 2. The fourth-order valence-corrected chi connectivity index (χ4v) is 3.32. The van der Waals surface area contributed by atoms with E-state index < -0.39 is 12.1 Å². The van der Waals surface area contributed by atoms with Crippen LogP contribution in [0.25, 0.3) is 0 Å². The Morgan fingerprint density at radius 3 is 2.41 bits per heavy atom. The summed E-state index contributed by atoms with van der Waals surface area (Å²) in [6, 6.07) is 8.41. The number of nitrogens with one attached hydrogen (secondary N) is 1. The van der Waals surface area contributed by atoms with Crippen molar-refractivity contribution in [3.63, 3.8) is 0 Å². The number of carbonyl (C=O) groups is 1. The maximum atomic E-state index is 13.4. The minimum Gasteiger partial charge on any atom is -0.486 e. The van der Waals surface area contributed by atoms with E-state index >= 15 is 0 Å². The van der Waals surface area contributed by atoms with Crippen molar-refractivity contribution in [3.05, 3.63) is 56.5 Å². The Balaban J connectivity index is 2.11. The number of anilines is 1. The zero-order valence-electron chi connectivity index (χ0n) is 14.6. The number of hydrogen-bond donors (Lipinski definition) is 2. The molecule has 0 amide bonds. The third kappa shape index (κ3) is 6.45. The average molecular weight is 435 g/mol. The summed E-state index contributed by atoms with van der Waals surface area (Å²) in [5, 5.41) is 12.9. The highest BCUT2D eigenvalue weighted by atomic mass is 35.5. The molecule has 0 saturated carbocycles. The van der Waals surface area contributed by atoms with Crippen molar-refractivity contribution in [2.75, 3.05) is 11.9 Å². The van der Waals surface area contributed by atoms with Crippen molar-refractivity contribution in [2.24, 2.45) is 0 Å². The molecule has 0 fully saturated rings. The Labute approximate surface area is 172 Å². The first-order chi connectivity index (χ1) is 12.8. The van der Waals surface area contributed by atoms with Gasteiger partial charge in [0.25, 0.3) is 0 Å². The number of halogens is 4. The fourth-order valence-electron chi connectivity index (χ4n) is 2.42. The van der Waals surface area contributed by atoms with Crippen LogP contribution in [0.5, 0.6) is 5.75 Å². The van der Waals surface area contributed by atoms with E-state index in [0.29, 0.717) is 10.6 Å². The first kappa shape index (κ1) is 21.6. The number of rotatable bonds is 9. The molecule has 8 heteroatoms. The van der Waals surface area contributed by atoms with E-state index in [2.05, 4.69) is 12.2 Å². The van der Waals surface area contributed by atoms with Crippen molar-refractivity contribution in [1.82, 2.24) is 0 Å². The first-order valence-corrected chi connectivity index (χ1v) is 9.44. The van der Waals surface area contributed by atoms with E-state index in [-0.39, 0.29) is 28.8 Å². The van der Waals surface area contributed by atoms with Gasteiger partial charge in [-0.05, 0) is 47.9 Å². The molecule has 0 aliphatic rings. The van der Waals surface area contributed by atoms with Crippen LogP contribution in [0, 0.1) is 0 Å².